The van der Waals surface area contributed by atoms with Crippen molar-refractivity contribution in [2.24, 2.45) is 0 Å². The Labute approximate surface area is 182 Å². The molecule has 9 nitrogen and oxygen atoms in total. The summed E-state index contributed by atoms with van der Waals surface area (Å²) in [6.45, 7) is 1.67. The van der Waals surface area contributed by atoms with E-state index < -0.39 is 24.5 Å². The molecule has 0 atom stereocenters. The van der Waals surface area contributed by atoms with E-state index in [2.05, 4.69) is 15.1 Å². The van der Waals surface area contributed by atoms with E-state index >= 15 is 0 Å². The van der Waals surface area contributed by atoms with E-state index in [-0.39, 0.29) is 31.6 Å². The van der Waals surface area contributed by atoms with E-state index in [1.807, 2.05) is 0 Å². The van der Waals surface area contributed by atoms with E-state index in [9.17, 15) is 18.4 Å². The number of nitrogens with zero attached hydrogens (tertiary/aromatic N) is 6. The van der Waals surface area contributed by atoms with Crippen molar-refractivity contribution in [3.05, 3.63) is 42.5 Å². The molecular formula is C21H22F2N6O3. The molecule has 4 rings (SSSR count). The minimum absolute atomic E-state index is 0.209. The van der Waals surface area contributed by atoms with Gasteiger partial charge in [0.15, 0.2) is 5.65 Å². The number of pyridine rings is 2. The van der Waals surface area contributed by atoms with Crippen molar-refractivity contribution >= 4 is 28.7 Å². The smallest absolute Gasteiger partial charge is 0.414 e. The summed E-state index contributed by atoms with van der Waals surface area (Å²) in [6, 6.07) is 3.29. The number of rotatable bonds is 4. The van der Waals surface area contributed by atoms with Crippen LogP contribution in [0, 0.1) is 0 Å². The first kappa shape index (κ1) is 21.6. The molecule has 3 aromatic rings. The van der Waals surface area contributed by atoms with Gasteiger partial charge >= 0.3 is 6.09 Å². The highest BCUT2D eigenvalue weighted by Crippen LogP contribution is 2.28. The van der Waals surface area contributed by atoms with E-state index in [0.29, 0.717) is 22.4 Å². The molecule has 1 saturated heterocycles. The van der Waals surface area contributed by atoms with Crippen LogP contribution in [0.5, 0.6) is 0 Å². The van der Waals surface area contributed by atoms with Crippen molar-refractivity contribution in [3.8, 4) is 5.69 Å². The van der Waals surface area contributed by atoms with Gasteiger partial charge in [0.05, 0.1) is 48.7 Å². The second kappa shape index (κ2) is 8.48. The van der Waals surface area contributed by atoms with Crippen molar-refractivity contribution in [1.29, 1.82) is 0 Å². The fourth-order valence-corrected chi connectivity index (χ4v) is 3.59. The lowest BCUT2D eigenvalue weighted by Gasteiger charge is -2.32. The van der Waals surface area contributed by atoms with Gasteiger partial charge in [0.25, 0.3) is 11.8 Å². The van der Waals surface area contributed by atoms with Gasteiger partial charge in [0.1, 0.15) is 0 Å². The lowest BCUT2D eigenvalue weighted by atomic mass is 10.1. The van der Waals surface area contributed by atoms with Gasteiger partial charge < -0.3 is 9.64 Å². The number of halogens is 2. The third-order valence-corrected chi connectivity index (χ3v) is 5.22. The van der Waals surface area contributed by atoms with Gasteiger partial charge in [-0.2, -0.15) is 5.10 Å². The van der Waals surface area contributed by atoms with Gasteiger partial charge in [-0.05, 0) is 25.5 Å². The molecule has 0 saturated carbocycles. The highest BCUT2D eigenvalue weighted by molar-refractivity contribution is 5.97. The summed E-state index contributed by atoms with van der Waals surface area (Å²) < 4.78 is 33.9. The van der Waals surface area contributed by atoms with Crippen molar-refractivity contribution in [2.75, 3.05) is 31.6 Å². The molecule has 0 bridgehead atoms. The number of anilines is 1. The Balaban J connectivity index is 1.61. The maximum atomic E-state index is 13.7. The van der Waals surface area contributed by atoms with E-state index in [1.54, 1.807) is 32.3 Å². The van der Waals surface area contributed by atoms with Crippen molar-refractivity contribution < 1.29 is 23.1 Å². The molecule has 1 aliphatic heterocycles. The number of carbonyl (C=O) groups is 2. The highest BCUT2D eigenvalue weighted by atomic mass is 19.3. The van der Waals surface area contributed by atoms with E-state index in [1.165, 1.54) is 28.2 Å². The van der Waals surface area contributed by atoms with Crippen LogP contribution in [0.4, 0.5) is 19.3 Å². The summed E-state index contributed by atoms with van der Waals surface area (Å²) in [7, 11) is 1.57. The first-order valence-electron chi connectivity index (χ1n) is 10.2. The van der Waals surface area contributed by atoms with Crippen molar-refractivity contribution in [2.45, 2.75) is 25.7 Å². The summed E-state index contributed by atoms with van der Waals surface area (Å²) in [5, 5.41) is 4.89. The van der Waals surface area contributed by atoms with E-state index in [0.717, 1.165) is 4.90 Å². The molecule has 0 radical (unpaired) electrons. The van der Waals surface area contributed by atoms with Gasteiger partial charge in [-0.3, -0.25) is 14.7 Å². The number of fused-ring (bicyclic) bond motifs is 1. The maximum absolute atomic E-state index is 13.7. The average Bonchev–Trinajstić information content (AvgIpc) is 3.21. The number of ether oxygens (including phenoxy) is 1. The molecule has 32 heavy (non-hydrogen) atoms. The third-order valence-electron chi connectivity index (χ3n) is 5.22. The first-order chi connectivity index (χ1) is 15.3. The standard InChI is InChI=1S/C21H22F2N6O3/c1-3-32-20(31)27(2)16-8-17(12-24-11-16)29-18-14(10-26-29)7-15(9-25-18)19(30)28-6-4-5-21(22,23)13-28/h7-12H,3-6,13H2,1-2H3. The molecule has 3 aromatic heterocycles. The molecule has 11 heteroatoms. The Hall–Kier alpha value is -3.63. The first-order valence-corrected chi connectivity index (χ1v) is 10.2. The third kappa shape index (κ3) is 4.23. The monoisotopic (exact) mass is 444 g/mol. The number of aromatic nitrogens is 4. The second-order valence-electron chi connectivity index (χ2n) is 7.54. The van der Waals surface area contributed by atoms with Crippen LogP contribution in [-0.4, -0.2) is 69.3 Å². The Kier molecular flexibility index (Phi) is 5.72. The Bertz CT molecular complexity index is 1170. The van der Waals surface area contributed by atoms with Gasteiger partial charge in [-0.1, -0.05) is 0 Å². The largest absolute Gasteiger partial charge is 0.449 e. The fourth-order valence-electron chi connectivity index (χ4n) is 3.59. The number of likely N-dealkylation sites (tertiary alicyclic amines) is 1. The number of carbonyl (C=O) groups excluding carboxylic acids is 2. The SMILES string of the molecule is CCOC(=O)N(C)c1cncc(-n2ncc3cc(C(=O)N4CCCC(F)(F)C4)cnc32)c1. The second-order valence-corrected chi connectivity index (χ2v) is 7.54. The van der Waals surface area contributed by atoms with Crippen LogP contribution in [0.25, 0.3) is 16.7 Å². The van der Waals surface area contributed by atoms with Gasteiger partial charge in [-0.25, -0.2) is 23.2 Å². The van der Waals surface area contributed by atoms with Crippen LogP contribution in [0.3, 0.4) is 0 Å². The summed E-state index contributed by atoms with van der Waals surface area (Å²) in [4.78, 5) is 35.7. The summed E-state index contributed by atoms with van der Waals surface area (Å²) in [5.41, 5.74) is 1.74. The minimum Gasteiger partial charge on any atom is -0.449 e. The van der Waals surface area contributed by atoms with Crippen molar-refractivity contribution in [3.63, 3.8) is 0 Å². The Morgan fingerprint density at radius 2 is 2.03 bits per heavy atom. The molecule has 1 fully saturated rings. The molecule has 0 unspecified atom stereocenters. The molecule has 0 spiro atoms. The molecule has 2 amide bonds. The van der Waals surface area contributed by atoms with Gasteiger partial charge in [-0.15, -0.1) is 0 Å². The minimum atomic E-state index is -2.87. The topological polar surface area (TPSA) is 93.4 Å². The van der Waals surface area contributed by atoms with Crippen LogP contribution in [-0.2, 0) is 4.74 Å². The van der Waals surface area contributed by atoms with Crippen LogP contribution >= 0.6 is 0 Å². The Morgan fingerprint density at radius 3 is 2.78 bits per heavy atom. The normalized spacial score (nSPS) is 15.6. The lowest BCUT2D eigenvalue weighted by Crippen LogP contribution is -2.45. The summed E-state index contributed by atoms with van der Waals surface area (Å²) in [6.07, 6.45) is 5.51. The molecule has 0 aromatic carbocycles. The Morgan fingerprint density at radius 1 is 1.22 bits per heavy atom. The molecule has 0 aliphatic carbocycles. The fraction of sp³-hybridized carbons (Fsp3) is 0.381. The number of hydrogen-bond acceptors (Lipinski definition) is 6. The zero-order valence-corrected chi connectivity index (χ0v) is 17.7. The van der Waals surface area contributed by atoms with Gasteiger partial charge in [0.2, 0.25) is 0 Å². The zero-order valence-electron chi connectivity index (χ0n) is 17.7. The lowest BCUT2D eigenvalue weighted by molar-refractivity contribution is -0.0560. The van der Waals surface area contributed by atoms with Crippen molar-refractivity contribution in [1.82, 2.24) is 24.6 Å². The molecule has 168 valence electrons. The van der Waals surface area contributed by atoms with Crippen LogP contribution in [0.15, 0.2) is 36.9 Å². The van der Waals surface area contributed by atoms with Crippen LogP contribution in [0.2, 0.25) is 0 Å². The predicted molar refractivity (Wildman–Crippen MR) is 112 cm³/mol. The number of hydrogen-bond donors (Lipinski definition) is 0. The predicted octanol–water partition coefficient (Wildman–Crippen LogP) is 3.28. The van der Waals surface area contributed by atoms with Crippen LogP contribution in [0.1, 0.15) is 30.1 Å². The quantitative estimate of drug-likeness (QED) is 0.613. The average molecular weight is 444 g/mol. The number of alkyl halides is 2. The molecule has 4 heterocycles. The molecule has 0 N–H and O–H groups in total. The summed E-state index contributed by atoms with van der Waals surface area (Å²) in [5.74, 6) is -3.35. The van der Waals surface area contributed by atoms with Gasteiger partial charge in [0, 0.05) is 31.6 Å². The summed E-state index contributed by atoms with van der Waals surface area (Å²) >= 11 is 0. The number of piperidine rings is 1. The van der Waals surface area contributed by atoms with E-state index in [4.69, 9.17) is 4.74 Å². The number of amides is 2. The maximum Gasteiger partial charge on any atom is 0.414 e. The zero-order chi connectivity index (χ0) is 22.9. The highest BCUT2D eigenvalue weighted by Gasteiger charge is 2.37. The van der Waals surface area contributed by atoms with Crippen LogP contribution < -0.4 is 4.90 Å². The molecular weight excluding hydrogens is 422 g/mol. The molecule has 1 aliphatic rings.